The van der Waals surface area contributed by atoms with Crippen LogP contribution in [0.4, 0.5) is 0 Å². The van der Waals surface area contributed by atoms with Crippen molar-refractivity contribution in [3.8, 4) is 0 Å². The summed E-state index contributed by atoms with van der Waals surface area (Å²) in [5, 5.41) is 2.83. The number of benzene rings is 3. The molecule has 0 aliphatic heterocycles. The van der Waals surface area contributed by atoms with Crippen LogP contribution in [0.1, 0.15) is 22.7 Å². The Morgan fingerprint density at radius 1 is 0.957 bits per heavy atom. The fourth-order valence-corrected chi connectivity index (χ4v) is 3.65. The molecule has 1 atom stereocenters. The molecule has 0 aromatic heterocycles. The van der Waals surface area contributed by atoms with E-state index in [4.69, 9.17) is 0 Å². The van der Waals surface area contributed by atoms with E-state index >= 15 is 0 Å². The highest BCUT2D eigenvalue weighted by atomic mass is 15.1. The van der Waals surface area contributed by atoms with E-state index in [1.165, 1.54) is 27.5 Å². The van der Waals surface area contributed by atoms with Gasteiger partial charge in [0.2, 0.25) is 0 Å². The maximum absolute atomic E-state index is 2.36. The summed E-state index contributed by atoms with van der Waals surface area (Å²) in [4.78, 5) is 2.36. The second kappa shape index (κ2) is 5.92. The molecule has 23 heavy (non-hydrogen) atoms. The van der Waals surface area contributed by atoms with Crippen molar-refractivity contribution in [3.05, 3.63) is 95.7 Å². The van der Waals surface area contributed by atoms with Gasteiger partial charge in [0.15, 0.2) is 0 Å². The summed E-state index contributed by atoms with van der Waals surface area (Å²) in [5.74, 6) is 0. The summed E-state index contributed by atoms with van der Waals surface area (Å²) in [6.07, 6.45) is 6.58. The Hall–Kier alpha value is -2.54. The first-order chi connectivity index (χ1) is 11.3. The van der Waals surface area contributed by atoms with Gasteiger partial charge in [-0.1, -0.05) is 72.8 Å². The molecular weight excluding hydrogens is 278 g/mol. The van der Waals surface area contributed by atoms with E-state index in [9.17, 15) is 0 Å². The first kappa shape index (κ1) is 14.1. The van der Waals surface area contributed by atoms with Crippen molar-refractivity contribution < 1.29 is 0 Å². The van der Waals surface area contributed by atoms with Crippen molar-refractivity contribution in [2.45, 2.75) is 18.9 Å². The van der Waals surface area contributed by atoms with Crippen LogP contribution in [0.15, 0.2) is 79.0 Å². The molecule has 0 saturated heterocycles. The smallest absolute Gasteiger partial charge is 0.0580 e. The quantitative estimate of drug-likeness (QED) is 0.646. The van der Waals surface area contributed by atoms with Crippen molar-refractivity contribution >= 4 is 10.8 Å². The average molecular weight is 299 g/mol. The number of allylic oxidation sites excluding steroid dienone is 1. The SMILES string of the molecule is CN(/C=C/Cc1ccccc1)C1Cc2cccc3cccc1c23. The minimum atomic E-state index is 0.447. The molecule has 0 amide bonds. The van der Waals surface area contributed by atoms with Crippen LogP contribution in [0.5, 0.6) is 0 Å². The number of rotatable bonds is 4. The topological polar surface area (TPSA) is 3.24 Å². The van der Waals surface area contributed by atoms with Crippen LogP contribution in [0.25, 0.3) is 10.8 Å². The molecule has 3 aromatic carbocycles. The zero-order chi connectivity index (χ0) is 15.6. The molecule has 1 unspecified atom stereocenters. The summed E-state index contributed by atoms with van der Waals surface area (Å²) in [7, 11) is 2.19. The molecule has 1 aliphatic rings. The summed E-state index contributed by atoms with van der Waals surface area (Å²) >= 11 is 0. The monoisotopic (exact) mass is 299 g/mol. The minimum Gasteiger partial charge on any atom is -0.373 e. The lowest BCUT2D eigenvalue weighted by Crippen LogP contribution is -2.18. The Morgan fingerprint density at radius 2 is 1.74 bits per heavy atom. The third-order valence-electron chi connectivity index (χ3n) is 4.82. The lowest BCUT2D eigenvalue weighted by atomic mass is 10.0. The lowest BCUT2D eigenvalue weighted by molar-refractivity contribution is 0.343. The molecule has 114 valence electrons. The highest BCUT2D eigenvalue weighted by Gasteiger charge is 2.25. The molecule has 0 bridgehead atoms. The summed E-state index contributed by atoms with van der Waals surface area (Å²) in [6, 6.07) is 24.4. The van der Waals surface area contributed by atoms with Crippen molar-refractivity contribution in [2.24, 2.45) is 0 Å². The molecule has 4 rings (SSSR count). The van der Waals surface area contributed by atoms with Crippen molar-refractivity contribution in [3.63, 3.8) is 0 Å². The van der Waals surface area contributed by atoms with E-state index in [1.54, 1.807) is 0 Å². The zero-order valence-electron chi connectivity index (χ0n) is 13.4. The molecule has 0 N–H and O–H groups in total. The van der Waals surface area contributed by atoms with Crippen molar-refractivity contribution in [1.82, 2.24) is 4.90 Å². The number of hydrogen-bond donors (Lipinski definition) is 0. The van der Waals surface area contributed by atoms with Crippen molar-refractivity contribution in [1.29, 1.82) is 0 Å². The molecule has 0 radical (unpaired) electrons. The van der Waals surface area contributed by atoms with Crippen molar-refractivity contribution in [2.75, 3.05) is 7.05 Å². The van der Waals surface area contributed by atoms with Gasteiger partial charge in [-0.2, -0.15) is 0 Å². The van der Waals surface area contributed by atoms with Gasteiger partial charge in [0.1, 0.15) is 0 Å². The maximum atomic E-state index is 2.36. The van der Waals surface area contributed by atoms with Crippen LogP contribution in [-0.2, 0) is 12.8 Å². The van der Waals surface area contributed by atoms with Gasteiger partial charge < -0.3 is 4.90 Å². The Morgan fingerprint density at radius 3 is 2.57 bits per heavy atom. The Labute approximate surface area is 137 Å². The van der Waals surface area contributed by atoms with Gasteiger partial charge in [-0.25, -0.2) is 0 Å². The van der Waals surface area contributed by atoms with Crippen LogP contribution in [0.2, 0.25) is 0 Å². The normalized spacial score (nSPS) is 16.3. The Balaban J connectivity index is 1.55. The highest BCUT2D eigenvalue weighted by molar-refractivity contribution is 5.91. The molecule has 0 spiro atoms. The second-order valence-electron chi connectivity index (χ2n) is 6.32. The first-order valence-electron chi connectivity index (χ1n) is 8.26. The Bertz CT molecular complexity index is 843. The fourth-order valence-electron chi connectivity index (χ4n) is 3.65. The first-order valence-corrected chi connectivity index (χ1v) is 8.26. The van der Waals surface area contributed by atoms with Gasteiger partial charge >= 0.3 is 0 Å². The summed E-state index contributed by atoms with van der Waals surface area (Å²) < 4.78 is 0. The van der Waals surface area contributed by atoms with E-state index in [2.05, 4.69) is 91.0 Å². The molecule has 0 fully saturated rings. The van der Waals surface area contributed by atoms with Gasteiger partial charge in [-0.15, -0.1) is 0 Å². The van der Waals surface area contributed by atoms with Crippen LogP contribution < -0.4 is 0 Å². The molecule has 1 nitrogen and oxygen atoms in total. The van der Waals surface area contributed by atoms with E-state index in [0.717, 1.165) is 12.8 Å². The molecule has 3 aromatic rings. The minimum absolute atomic E-state index is 0.447. The fraction of sp³-hybridized carbons (Fsp3) is 0.182. The van der Waals surface area contributed by atoms with Gasteiger partial charge in [0.25, 0.3) is 0 Å². The summed E-state index contributed by atoms with van der Waals surface area (Å²) in [5.41, 5.74) is 4.30. The number of likely N-dealkylation sites (N-methyl/N-ethyl adjacent to an activating group) is 1. The molecule has 0 heterocycles. The van der Waals surface area contributed by atoms with Gasteiger partial charge in [-0.3, -0.25) is 0 Å². The third kappa shape index (κ3) is 2.63. The van der Waals surface area contributed by atoms with Crippen LogP contribution in [0.3, 0.4) is 0 Å². The second-order valence-corrected chi connectivity index (χ2v) is 6.32. The molecule has 1 heteroatoms. The zero-order valence-corrected chi connectivity index (χ0v) is 13.4. The van der Waals surface area contributed by atoms with Gasteiger partial charge in [0.05, 0.1) is 6.04 Å². The molecule has 0 saturated carbocycles. The average Bonchev–Trinajstić information content (AvgIpc) is 2.97. The van der Waals surface area contributed by atoms with E-state index < -0.39 is 0 Å². The molecular formula is C22H21N. The lowest BCUT2D eigenvalue weighted by Gasteiger charge is -2.23. The van der Waals surface area contributed by atoms with Crippen LogP contribution >= 0.6 is 0 Å². The number of hydrogen-bond acceptors (Lipinski definition) is 1. The Kier molecular flexibility index (Phi) is 3.63. The number of nitrogens with zero attached hydrogens (tertiary/aromatic N) is 1. The van der Waals surface area contributed by atoms with Crippen LogP contribution in [0, 0.1) is 0 Å². The van der Waals surface area contributed by atoms with E-state index in [0.29, 0.717) is 6.04 Å². The predicted octanol–water partition coefficient (Wildman–Crippen LogP) is 5.13. The summed E-state index contributed by atoms with van der Waals surface area (Å²) in [6.45, 7) is 0. The van der Waals surface area contributed by atoms with E-state index in [-0.39, 0.29) is 0 Å². The standard InChI is InChI=1S/C22H21N/c1-23(15-7-10-17-8-3-2-4-9-17)21-16-19-13-5-11-18-12-6-14-20(21)22(18)19/h2-9,11-15,21H,10,16H2,1H3/b15-7+. The molecule has 1 aliphatic carbocycles. The van der Waals surface area contributed by atoms with Gasteiger partial charge in [0, 0.05) is 7.05 Å². The van der Waals surface area contributed by atoms with Gasteiger partial charge in [-0.05, 0) is 46.5 Å². The third-order valence-corrected chi connectivity index (χ3v) is 4.82. The van der Waals surface area contributed by atoms with E-state index in [1.807, 2.05) is 0 Å². The van der Waals surface area contributed by atoms with Crippen LogP contribution in [-0.4, -0.2) is 11.9 Å². The predicted molar refractivity (Wildman–Crippen MR) is 97.4 cm³/mol. The maximum Gasteiger partial charge on any atom is 0.0580 e. The largest absolute Gasteiger partial charge is 0.373 e. The highest BCUT2D eigenvalue weighted by Crippen LogP contribution is 2.39.